The molecule has 0 bridgehead atoms. The maximum Gasteiger partial charge on any atom is 0.433 e. The van der Waals surface area contributed by atoms with Gasteiger partial charge in [-0.05, 0) is 42.8 Å². The molecule has 5 heterocycles. The summed E-state index contributed by atoms with van der Waals surface area (Å²) in [6.07, 6.45) is -3.11. The summed E-state index contributed by atoms with van der Waals surface area (Å²) in [6.45, 7) is 1.66. The van der Waals surface area contributed by atoms with Crippen LogP contribution in [0.4, 0.5) is 18.9 Å². The number of fused-ring (bicyclic) bond motifs is 5. The van der Waals surface area contributed by atoms with Crippen molar-refractivity contribution in [1.82, 2.24) is 24.6 Å². The molecule has 0 radical (unpaired) electrons. The van der Waals surface area contributed by atoms with Gasteiger partial charge in [-0.1, -0.05) is 0 Å². The molecule has 6 rings (SSSR count). The van der Waals surface area contributed by atoms with E-state index < -0.39 is 16.8 Å². The average molecular weight is 526 g/mol. The summed E-state index contributed by atoms with van der Waals surface area (Å²) in [5.41, 5.74) is 0.336. The van der Waals surface area contributed by atoms with Crippen LogP contribution in [0.5, 0.6) is 5.75 Å². The van der Waals surface area contributed by atoms with Crippen molar-refractivity contribution in [2.45, 2.75) is 19.7 Å². The molecule has 10 nitrogen and oxygen atoms in total. The molecule has 0 spiro atoms. The van der Waals surface area contributed by atoms with E-state index in [1.807, 2.05) is 0 Å². The number of halogens is 3. The lowest BCUT2D eigenvalue weighted by Gasteiger charge is -2.06. The second-order valence-corrected chi connectivity index (χ2v) is 9.03. The number of nitro groups is 1. The van der Waals surface area contributed by atoms with Crippen LogP contribution in [-0.2, 0) is 12.8 Å². The third-order valence-corrected chi connectivity index (χ3v) is 6.63. The Morgan fingerprint density at radius 2 is 1.95 bits per heavy atom. The molecule has 0 N–H and O–H groups in total. The van der Waals surface area contributed by atoms with Crippen LogP contribution in [-0.4, -0.2) is 29.5 Å². The molecule has 0 aliphatic rings. The first kappa shape index (κ1) is 22.8. The quantitative estimate of drug-likeness (QED) is 0.199. The van der Waals surface area contributed by atoms with Gasteiger partial charge in [0.25, 0.3) is 5.69 Å². The summed E-state index contributed by atoms with van der Waals surface area (Å²) in [5.74, 6) is 1.52. The predicted octanol–water partition coefficient (Wildman–Crippen LogP) is 5.96. The number of hydrogen-bond donors (Lipinski definition) is 0. The largest absolute Gasteiger partial charge is 0.486 e. The van der Waals surface area contributed by atoms with Gasteiger partial charge in [-0.15, -0.1) is 16.4 Å². The van der Waals surface area contributed by atoms with Gasteiger partial charge in [0, 0.05) is 17.5 Å². The summed E-state index contributed by atoms with van der Waals surface area (Å²) in [7, 11) is 0. The number of nitrogens with zero attached hydrogens (tertiary/aromatic N) is 6. The molecule has 0 amide bonds. The first-order valence-corrected chi connectivity index (χ1v) is 11.5. The Balaban J connectivity index is 1.31. The Morgan fingerprint density at radius 1 is 1.16 bits per heavy atom. The summed E-state index contributed by atoms with van der Waals surface area (Å²) >= 11 is 1.07. The lowest BCUT2D eigenvalue weighted by Crippen LogP contribution is -2.07. The van der Waals surface area contributed by atoms with Gasteiger partial charge in [0.2, 0.25) is 5.82 Å². The minimum absolute atomic E-state index is 0.0421. The molecular weight excluding hydrogens is 513 g/mol. The SMILES string of the molecule is Cc1cc(C(F)(F)F)nc2sc3c(ncn4nc(-c5ccc(COc6ccc([N+](=O)[O-])cc6)o5)nc34)c12. The molecule has 0 aliphatic carbocycles. The summed E-state index contributed by atoms with van der Waals surface area (Å²) < 4.78 is 53.2. The maximum atomic E-state index is 13.2. The van der Waals surface area contributed by atoms with Crippen molar-refractivity contribution in [3.63, 3.8) is 0 Å². The number of alkyl halides is 3. The number of benzene rings is 1. The Labute approximate surface area is 208 Å². The fraction of sp³-hybridized carbons (Fsp3) is 0.130. The Bertz CT molecular complexity index is 1820. The van der Waals surface area contributed by atoms with E-state index in [2.05, 4.69) is 20.1 Å². The number of ether oxygens (including phenoxy) is 1. The average Bonchev–Trinajstić information content (AvgIpc) is 3.58. The molecule has 0 aliphatic heterocycles. The van der Waals surface area contributed by atoms with Crippen molar-refractivity contribution < 1.29 is 27.2 Å². The minimum Gasteiger partial charge on any atom is -0.486 e. The van der Waals surface area contributed by atoms with E-state index in [-0.39, 0.29) is 22.9 Å². The number of aryl methyl sites for hydroxylation is 1. The standard InChI is InChI=1S/C23H13F3N6O4S/c1-11-8-16(23(24,25)26)28-22-17(11)18-19(37-22)21-29-20(30-31(21)10-27-18)15-7-6-14(36-15)9-35-13-4-2-12(3-5-13)32(33)34/h2-8,10H,9H2,1H3. The van der Waals surface area contributed by atoms with Crippen molar-refractivity contribution in [1.29, 1.82) is 0 Å². The molecule has 0 saturated heterocycles. The number of rotatable bonds is 5. The molecular formula is C23H13F3N6O4S. The molecule has 0 fully saturated rings. The maximum absolute atomic E-state index is 13.2. The van der Waals surface area contributed by atoms with E-state index in [1.165, 1.54) is 35.1 Å². The number of non-ortho nitro benzene ring substituents is 1. The first-order valence-electron chi connectivity index (χ1n) is 10.7. The van der Waals surface area contributed by atoms with Gasteiger partial charge >= 0.3 is 6.18 Å². The van der Waals surface area contributed by atoms with Crippen LogP contribution in [0.1, 0.15) is 17.0 Å². The number of furan rings is 1. The topological polar surface area (TPSA) is 121 Å². The van der Waals surface area contributed by atoms with Crippen LogP contribution >= 0.6 is 11.3 Å². The van der Waals surface area contributed by atoms with Crippen LogP contribution in [0, 0.1) is 17.0 Å². The van der Waals surface area contributed by atoms with Gasteiger partial charge in [-0.3, -0.25) is 10.1 Å². The Hall–Kier alpha value is -4.59. The first-order chi connectivity index (χ1) is 17.7. The van der Waals surface area contributed by atoms with Gasteiger partial charge in [-0.2, -0.15) is 13.2 Å². The predicted molar refractivity (Wildman–Crippen MR) is 126 cm³/mol. The van der Waals surface area contributed by atoms with E-state index in [0.29, 0.717) is 44.1 Å². The smallest absolute Gasteiger partial charge is 0.433 e. The minimum atomic E-state index is -4.56. The lowest BCUT2D eigenvalue weighted by molar-refractivity contribution is -0.384. The molecule has 0 saturated carbocycles. The summed E-state index contributed by atoms with van der Waals surface area (Å²) in [5, 5.41) is 15.7. The molecule has 0 unspecified atom stereocenters. The van der Waals surface area contributed by atoms with E-state index in [0.717, 1.165) is 17.4 Å². The second kappa shape index (κ2) is 8.23. The Morgan fingerprint density at radius 3 is 2.68 bits per heavy atom. The highest BCUT2D eigenvalue weighted by Gasteiger charge is 2.33. The monoisotopic (exact) mass is 526 g/mol. The highest BCUT2D eigenvalue weighted by molar-refractivity contribution is 7.26. The fourth-order valence-corrected chi connectivity index (χ4v) is 5.03. The Kier molecular flexibility index (Phi) is 5.08. The van der Waals surface area contributed by atoms with Crippen molar-refractivity contribution in [2.75, 3.05) is 0 Å². The van der Waals surface area contributed by atoms with Crippen molar-refractivity contribution in [3.8, 4) is 17.3 Å². The molecule has 14 heteroatoms. The summed E-state index contributed by atoms with van der Waals surface area (Å²) in [6, 6.07) is 10.0. The fourth-order valence-electron chi connectivity index (χ4n) is 3.85. The zero-order chi connectivity index (χ0) is 25.9. The summed E-state index contributed by atoms with van der Waals surface area (Å²) in [4.78, 5) is 23.2. The number of aromatic nitrogens is 5. The van der Waals surface area contributed by atoms with E-state index in [9.17, 15) is 23.3 Å². The van der Waals surface area contributed by atoms with Crippen LogP contribution in [0.15, 0.2) is 53.2 Å². The number of hydrogen-bond acceptors (Lipinski definition) is 9. The second-order valence-electron chi connectivity index (χ2n) is 8.04. The van der Waals surface area contributed by atoms with Crippen LogP contribution in [0.25, 0.3) is 37.7 Å². The number of pyridine rings is 1. The van der Waals surface area contributed by atoms with Gasteiger partial charge in [-0.25, -0.2) is 19.5 Å². The van der Waals surface area contributed by atoms with Crippen LogP contribution < -0.4 is 4.74 Å². The molecule has 186 valence electrons. The molecule has 1 aromatic carbocycles. The van der Waals surface area contributed by atoms with Gasteiger partial charge < -0.3 is 9.15 Å². The van der Waals surface area contributed by atoms with Gasteiger partial charge in [0.15, 0.2) is 11.4 Å². The van der Waals surface area contributed by atoms with Crippen LogP contribution in [0.2, 0.25) is 0 Å². The molecule has 5 aromatic heterocycles. The zero-order valence-corrected chi connectivity index (χ0v) is 19.5. The lowest BCUT2D eigenvalue weighted by atomic mass is 10.1. The van der Waals surface area contributed by atoms with Crippen molar-refractivity contribution in [2.24, 2.45) is 0 Å². The molecule has 37 heavy (non-hydrogen) atoms. The van der Waals surface area contributed by atoms with E-state index in [1.54, 1.807) is 19.1 Å². The van der Waals surface area contributed by atoms with Gasteiger partial charge in [0.05, 0.1) is 10.4 Å². The number of nitro benzene ring substituents is 1. The normalized spacial score (nSPS) is 12.1. The van der Waals surface area contributed by atoms with Crippen molar-refractivity contribution >= 4 is 43.1 Å². The third-order valence-electron chi connectivity index (χ3n) is 5.57. The van der Waals surface area contributed by atoms with Crippen molar-refractivity contribution in [3.05, 3.63) is 75.9 Å². The van der Waals surface area contributed by atoms with Crippen LogP contribution in [0.3, 0.4) is 0 Å². The molecule has 6 aromatic rings. The highest BCUT2D eigenvalue weighted by atomic mass is 32.1. The van der Waals surface area contributed by atoms with Gasteiger partial charge in [0.1, 0.15) is 39.7 Å². The third kappa shape index (κ3) is 4.00. The molecule has 0 atom stereocenters. The number of thiophene rings is 1. The van der Waals surface area contributed by atoms with E-state index >= 15 is 0 Å². The zero-order valence-electron chi connectivity index (χ0n) is 18.7. The highest BCUT2D eigenvalue weighted by Crippen LogP contribution is 2.38. The van der Waals surface area contributed by atoms with E-state index in [4.69, 9.17) is 9.15 Å².